The first-order chi connectivity index (χ1) is 15.7. The highest BCUT2D eigenvalue weighted by Crippen LogP contribution is 2.35. The first-order valence-electron chi connectivity index (χ1n) is 11.1. The van der Waals surface area contributed by atoms with Crippen LogP contribution in [0.4, 0.5) is 4.79 Å². The fourth-order valence-electron chi connectivity index (χ4n) is 3.76. The molecule has 0 fully saturated rings. The van der Waals surface area contributed by atoms with Gasteiger partial charge in [0.05, 0.1) is 24.8 Å². The van der Waals surface area contributed by atoms with Gasteiger partial charge >= 0.3 is 12.0 Å². The average molecular weight is 453 g/mol. The normalized spacial score (nSPS) is 15.7. The summed E-state index contributed by atoms with van der Waals surface area (Å²) in [6.45, 7) is 9.96. The van der Waals surface area contributed by atoms with Crippen LogP contribution in [0.3, 0.4) is 0 Å². The Labute approximate surface area is 195 Å². The van der Waals surface area contributed by atoms with E-state index in [9.17, 15) is 9.59 Å². The maximum absolute atomic E-state index is 12.9. The van der Waals surface area contributed by atoms with Gasteiger partial charge in [-0.2, -0.15) is 0 Å². The van der Waals surface area contributed by atoms with Crippen molar-refractivity contribution in [3.63, 3.8) is 0 Å². The molecule has 1 aliphatic heterocycles. The van der Waals surface area contributed by atoms with Gasteiger partial charge in [0.1, 0.15) is 6.61 Å². The van der Waals surface area contributed by atoms with E-state index < -0.39 is 12.0 Å². The molecule has 1 atom stereocenters. The third-order valence-electron chi connectivity index (χ3n) is 5.48. The Balaban J connectivity index is 1.92. The number of allylic oxidation sites excluding steroid dienone is 1. The molecule has 33 heavy (non-hydrogen) atoms. The van der Waals surface area contributed by atoms with Crippen LogP contribution in [-0.4, -0.2) is 25.2 Å². The van der Waals surface area contributed by atoms with Gasteiger partial charge in [0.25, 0.3) is 0 Å². The minimum atomic E-state index is -0.665. The predicted molar refractivity (Wildman–Crippen MR) is 126 cm³/mol. The number of hydrogen-bond acceptors (Lipinski definition) is 5. The highest BCUT2D eigenvalue weighted by molar-refractivity contribution is 5.95. The van der Waals surface area contributed by atoms with Gasteiger partial charge in [-0.25, -0.2) is 9.59 Å². The van der Waals surface area contributed by atoms with Crippen LogP contribution < -0.4 is 20.1 Å². The van der Waals surface area contributed by atoms with E-state index in [1.165, 1.54) is 5.56 Å². The second kappa shape index (κ2) is 10.4. The smallest absolute Gasteiger partial charge is 0.338 e. The van der Waals surface area contributed by atoms with Crippen molar-refractivity contribution in [2.75, 3.05) is 7.11 Å². The molecule has 0 radical (unpaired) electrons. The molecule has 0 saturated heterocycles. The molecule has 2 N–H and O–H groups in total. The minimum absolute atomic E-state index is 0.281. The molecule has 3 rings (SSSR count). The summed E-state index contributed by atoms with van der Waals surface area (Å²) in [6, 6.07) is 10.6. The van der Waals surface area contributed by atoms with Crippen LogP contribution in [0.2, 0.25) is 0 Å². The number of ether oxygens (including phenoxy) is 3. The number of hydrogen-bond donors (Lipinski definition) is 2. The van der Waals surface area contributed by atoms with Crippen molar-refractivity contribution < 1.29 is 23.8 Å². The highest BCUT2D eigenvalue weighted by atomic mass is 16.5. The molecule has 0 aromatic heterocycles. The Morgan fingerprint density at radius 2 is 1.85 bits per heavy atom. The van der Waals surface area contributed by atoms with Crippen LogP contribution in [0.1, 0.15) is 55.5 Å². The van der Waals surface area contributed by atoms with E-state index in [0.29, 0.717) is 41.4 Å². The largest absolute Gasteiger partial charge is 0.493 e. The van der Waals surface area contributed by atoms with E-state index in [0.717, 1.165) is 11.1 Å². The number of rotatable bonds is 8. The maximum atomic E-state index is 12.9. The predicted octanol–water partition coefficient (Wildman–Crippen LogP) is 4.86. The van der Waals surface area contributed by atoms with Gasteiger partial charge in [0, 0.05) is 5.70 Å². The maximum Gasteiger partial charge on any atom is 0.338 e. The molecule has 0 saturated carbocycles. The molecule has 0 spiro atoms. The number of urea groups is 1. The fourth-order valence-corrected chi connectivity index (χ4v) is 3.76. The second-order valence-corrected chi connectivity index (χ2v) is 8.36. The molecule has 1 aliphatic rings. The molecule has 1 unspecified atom stereocenters. The Morgan fingerprint density at radius 1 is 1.09 bits per heavy atom. The topological polar surface area (TPSA) is 85.9 Å². The molecule has 176 valence electrons. The van der Waals surface area contributed by atoms with Gasteiger partial charge in [-0.05, 0) is 62.9 Å². The van der Waals surface area contributed by atoms with Gasteiger partial charge in [-0.1, -0.05) is 36.8 Å². The second-order valence-electron chi connectivity index (χ2n) is 8.36. The van der Waals surface area contributed by atoms with Gasteiger partial charge in [-0.15, -0.1) is 0 Å². The van der Waals surface area contributed by atoms with E-state index in [1.54, 1.807) is 33.1 Å². The first-order valence-corrected chi connectivity index (χ1v) is 11.1. The molecular formula is C26H32N2O5. The number of nitrogens with one attached hydrogen (secondary N) is 2. The van der Waals surface area contributed by atoms with Crippen LogP contribution in [0, 0.1) is 13.8 Å². The van der Waals surface area contributed by atoms with Crippen LogP contribution in [-0.2, 0) is 16.1 Å². The fraction of sp³-hybridized carbons (Fsp3) is 0.385. The first kappa shape index (κ1) is 24.2. The van der Waals surface area contributed by atoms with Gasteiger partial charge in [0.2, 0.25) is 0 Å². The lowest BCUT2D eigenvalue weighted by Crippen LogP contribution is -2.46. The number of amides is 2. The zero-order valence-electron chi connectivity index (χ0n) is 20.1. The lowest BCUT2D eigenvalue weighted by atomic mass is 9.94. The number of esters is 1. The summed E-state index contributed by atoms with van der Waals surface area (Å²) in [7, 11) is 1.56. The lowest BCUT2D eigenvalue weighted by molar-refractivity contribution is -0.143. The van der Waals surface area contributed by atoms with Crippen molar-refractivity contribution in [1.82, 2.24) is 10.6 Å². The molecular weight excluding hydrogens is 420 g/mol. The summed E-state index contributed by atoms with van der Waals surface area (Å²) in [5.74, 6) is 0.627. The summed E-state index contributed by atoms with van der Waals surface area (Å²) in [5, 5.41) is 5.57. The van der Waals surface area contributed by atoms with Crippen molar-refractivity contribution in [3.05, 3.63) is 69.9 Å². The Morgan fingerprint density at radius 3 is 2.52 bits per heavy atom. The van der Waals surface area contributed by atoms with Crippen molar-refractivity contribution in [1.29, 1.82) is 0 Å². The molecule has 7 nitrogen and oxygen atoms in total. The van der Waals surface area contributed by atoms with E-state index >= 15 is 0 Å². The zero-order chi connectivity index (χ0) is 24.1. The quantitative estimate of drug-likeness (QED) is 0.559. The van der Waals surface area contributed by atoms with E-state index in [-0.39, 0.29) is 12.1 Å². The molecule has 0 aliphatic carbocycles. The Hall–Kier alpha value is -3.48. The van der Waals surface area contributed by atoms with Crippen molar-refractivity contribution in [3.8, 4) is 11.5 Å². The summed E-state index contributed by atoms with van der Waals surface area (Å²) in [6.07, 6.45) is 0.206. The van der Waals surface area contributed by atoms with Crippen LogP contribution in [0.25, 0.3) is 0 Å². The standard InChI is InChI=1S/C26H32N2O5/c1-7-20-23(25(29)33-15(2)3)24(28-26(30)27-20)18-10-11-21(22(13-18)31-6)32-14-19-12-16(4)8-9-17(19)5/h8-13,15,24H,7,14H2,1-6H3,(H2,27,28,30). The number of aryl methyl sites for hydroxylation is 2. The molecule has 2 aromatic carbocycles. The molecule has 0 bridgehead atoms. The van der Waals surface area contributed by atoms with Crippen LogP contribution in [0.15, 0.2) is 47.7 Å². The summed E-state index contributed by atoms with van der Waals surface area (Å²) in [5.41, 5.74) is 5.05. The Kier molecular flexibility index (Phi) is 7.63. The molecule has 2 amide bonds. The molecule has 2 aromatic rings. The van der Waals surface area contributed by atoms with Crippen molar-refractivity contribution >= 4 is 12.0 Å². The van der Waals surface area contributed by atoms with Crippen LogP contribution in [0.5, 0.6) is 11.5 Å². The summed E-state index contributed by atoms with van der Waals surface area (Å²) in [4.78, 5) is 25.2. The third kappa shape index (κ3) is 5.66. The number of benzene rings is 2. The number of methoxy groups -OCH3 is 1. The molecule has 1 heterocycles. The monoisotopic (exact) mass is 452 g/mol. The van der Waals surface area contributed by atoms with Crippen molar-refractivity contribution in [2.45, 2.75) is 59.8 Å². The molecule has 7 heteroatoms. The summed E-state index contributed by atoms with van der Waals surface area (Å²) >= 11 is 0. The Bertz CT molecular complexity index is 1070. The van der Waals surface area contributed by atoms with E-state index in [2.05, 4.69) is 28.8 Å². The van der Waals surface area contributed by atoms with E-state index in [4.69, 9.17) is 14.2 Å². The zero-order valence-corrected chi connectivity index (χ0v) is 20.1. The minimum Gasteiger partial charge on any atom is -0.493 e. The summed E-state index contributed by atoms with van der Waals surface area (Å²) < 4.78 is 17.1. The average Bonchev–Trinajstić information content (AvgIpc) is 2.78. The van der Waals surface area contributed by atoms with Gasteiger partial charge in [-0.3, -0.25) is 0 Å². The van der Waals surface area contributed by atoms with Crippen LogP contribution >= 0.6 is 0 Å². The number of carbonyl (C=O) groups is 2. The third-order valence-corrected chi connectivity index (χ3v) is 5.48. The highest BCUT2D eigenvalue weighted by Gasteiger charge is 2.34. The van der Waals surface area contributed by atoms with Gasteiger partial charge < -0.3 is 24.8 Å². The van der Waals surface area contributed by atoms with Crippen molar-refractivity contribution in [2.24, 2.45) is 0 Å². The van der Waals surface area contributed by atoms with Gasteiger partial charge in [0.15, 0.2) is 11.5 Å². The van der Waals surface area contributed by atoms with E-state index in [1.807, 2.05) is 26.8 Å². The SMILES string of the molecule is CCC1=C(C(=O)OC(C)C)C(c2ccc(OCc3cc(C)ccc3C)c(OC)c2)NC(=O)N1. The number of carbonyl (C=O) groups excluding carboxylic acids is 2. The lowest BCUT2D eigenvalue weighted by Gasteiger charge is -2.30.